The van der Waals surface area contributed by atoms with Crippen LogP contribution in [0.5, 0.6) is 0 Å². The largest absolute Gasteiger partial charge is 0.463 e. The monoisotopic (exact) mass is 308 g/mol. The molecule has 0 radical (unpaired) electrons. The van der Waals surface area contributed by atoms with Crippen molar-refractivity contribution in [3.63, 3.8) is 0 Å². The van der Waals surface area contributed by atoms with Crippen molar-refractivity contribution in [1.29, 1.82) is 0 Å². The first-order chi connectivity index (χ1) is 8.68. The summed E-state index contributed by atoms with van der Waals surface area (Å²) < 4.78 is 11.4. The lowest BCUT2D eigenvalue weighted by atomic mass is 10.1. The number of hydrogen-bond acceptors (Lipinski definition) is 5. The normalized spacial score (nSPS) is 14.8. The Kier molecular flexibility index (Phi) is 8.47. The Morgan fingerprint density at radius 3 is 2.21 bits per heavy atom. The van der Waals surface area contributed by atoms with E-state index >= 15 is 0 Å². The van der Waals surface area contributed by atoms with E-state index in [1.807, 2.05) is 20.8 Å². The molecule has 19 heavy (non-hydrogen) atoms. The van der Waals surface area contributed by atoms with E-state index in [1.165, 1.54) is 5.57 Å². The van der Waals surface area contributed by atoms with E-state index in [0.717, 1.165) is 18.4 Å². The van der Waals surface area contributed by atoms with Crippen LogP contribution in [0.1, 0.15) is 40.0 Å². The Balaban J connectivity index is 4.57. The first kappa shape index (κ1) is 18.6. The van der Waals surface area contributed by atoms with Crippen LogP contribution in [0.15, 0.2) is 23.3 Å². The molecule has 0 saturated heterocycles. The zero-order chi connectivity index (χ0) is 15.1. The van der Waals surface area contributed by atoms with Crippen LogP contribution in [0.3, 0.4) is 0 Å². The molecule has 0 heterocycles. The highest BCUT2D eigenvalue weighted by Gasteiger charge is 2.55. The van der Waals surface area contributed by atoms with E-state index in [9.17, 15) is 24.0 Å². The summed E-state index contributed by atoms with van der Waals surface area (Å²) in [6.07, 6.45) is 5.46. The topological polar surface area (TPSA) is 94.8 Å². The summed E-state index contributed by atoms with van der Waals surface area (Å²) in [5.41, 5.74) is 2.21. The quantitative estimate of drug-likeness (QED) is 0.364. The summed E-state index contributed by atoms with van der Waals surface area (Å²) in [7, 11) is -6.74. The molecule has 0 amide bonds. The van der Waals surface area contributed by atoms with E-state index in [4.69, 9.17) is 0 Å². The molecule has 2 atom stereocenters. The molecule has 0 aliphatic heterocycles. The highest BCUT2D eigenvalue weighted by Crippen LogP contribution is 2.60. The van der Waals surface area contributed by atoms with Crippen molar-refractivity contribution in [3.05, 3.63) is 23.3 Å². The standard InChI is InChI=1S/C12H22O5P2/c1-10(2)5-4-6-11(3)7-8-12(18(14)9-13)19(15,16)17/h5,7,9,12,15-17H,4,6,8H2,1-3H3/q+2. The van der Waals surface area contributed by atoms with Crippen LogP contribution >= 0.6 is 15.7 Å². The van der Waals surface area contributed by atoms with Crippen molar-refractivity contribution in [2.45, 2.75) is 45.4 Å². The first-order valence-electron chi connectivity index (χ1n) is 5.95. The van der Waals surface area contributed by atoms with Crippen LogP contribution in [-0.4, -0.2) is 26.1 Å². The minimum absolute atomic E-state index is 0.0197. The van der Waals surface area contributed by atoms with Crippen LogP contribution in [0.2, 0.25) is 0 Å². The molecular formula is C12H22O5P2+2. The Bertz CT molecular complexity index is 378. The molecule has 0 bridgehead atoms. The minimum atomic E-state index is -4.27. The van der Waals surface area contributed by atoms with Gasteiger partial charge in [-0.3, -0.25) is 0 Å². The summed E-state index contributed by atoms with van der Waals surface area (Å²) >= 11 is 0. The molecule has 108 valence electrons. The third-order valence-electron chi connectivity index (χ3n) is 2.57. The number of allylic oxidation sites excluding steroid dienone is 4. The maximum atomic E-state index is 11.4. The lowest BCUT2D eigenvalue weighted by Gasteiger charge is -2.06. The van der Waals surface area contributed by atoms with E-state index < -0.39 is 21.1 Å². The Morgan fingerprint density at radius 2 is 1.79 bits per heavy atom. The molecule has 0 spiro atoms. The smallest absolute Gasteiger partial charge is 0.244 e. The van der Waals surface area contributed by atoms with E-state index in [-0.39, 0.29) is 12.4 Å². The van der Waals surface area contributed by atoms with Crippen LogP contribution in [0.25, 0.3) is 0 Å². The van der Waals surface area contributed by atoms with Crippen LogP contribution in [-0.2, 0) is 9.36 Å². The highest BCUT2D eigenvalue weighted by atomic mass is 31.2. The van der Waals surface area contributed by atoms with Gasteiger partial charge in [0.15, 0.2) is 0 Å². The van der Waals surface area contributed by atoms with E-state index in [1.54, 1.807) is 6.08 Å². The Labute approximate surface area is 115 Å². The second kappa shape index (κ2) is 8.68. The van der Waals surface area contributed by atoms with Crippen LogP contribution in [0.4, 0.5) is 0 Å². The molecule has 0 aliphatic carbocycles. The van der Waals surface area contributed by atoms with Crippen molar-refractivity contribution < 1.29 is 24.0 Å². The van der Waals surface area contributed by atoms with Crippen LogP contribution < -0.4 is 0 Å². The van der Waals surface area contributed by atoms with Gasteiger partial charge in [-0.25, -0.2) is 4.79 Å². The molecule has 0 rings (SSSR count). The van der Waals surface area contributed by atoms with E-state index in [0.29, 0.717) is 0 Å². The van der Waals surface area contributed by atoms with Gasteiger partial charge in [-0.05, 0) is 33.6 Å². The molecular weight excluding hydrogens is 286 g/mol. The summed E-state index contributed by atoms with van der Waals surface area (Å²) in [6.45, 7) is 5.88. The molecule has 5 nitrogen and oxygen atoms in total. The van der Waals surface area contributed by atoms with Gasteiger partial charge in [-0.2, -0.15) is 14.7 Å². The Hall–Kier alpha value is -0.440. The number of carbonyl (C=O) groups excluding carboxylic acids is 1. The maximum Gasteiger partial charge on any atom is 0.463 e. The van der Waals surface area contributed by atoms with Gasteiger partial charge in [0.2, 0.25) is 0 Å². The fourth-order valence-corrected chi connectivity index (χ4v) is 3.69. The Morgan fingerprint density at radius 1 is 1.21 bits per heavy atom. The molecule has 0 saturated carbocycles. The van der Waals surface area contributed by atoms with Gasteiger partial charge in [-0.15, -0.1) is 0 Å². The zero-order valence-corrected chi connectivity index (χ0v) is 13.3. The minimum Gasteiger partial charge on any atom is -0.244 e. The molecule has 0 aromatic heterocycles. The molecule has 2 unspecified atom stereocenters. The third-order valence-corrected chi connectivity index (χ3v) is 6.19. The van der Waals surface area contributed by atoms with Crippen molar-refractivity contribution in [2.24, 2.45) is 0 Å². The number of hydrogen-bond donors (Lipinski definition) is 3. The summed E-state index contributed by atoms with van der Waals surface area (Å²) in [5.74, 6) is 0. The van der Waals surface area contributed by atoms with Gasteiger partial charge >= 0.3 is 27.2 Å². The van der Waals surface area contributed by atoms with Gasteiger partial charge in [0, 0.05) is 0 Å². The lowest BCUT2D eigenvalue weighted by Crippen LogP contribution is -2.08. The molecule has 0 fully saturated rings. The molecule has 0 aliphatic rings. The fraction of sp³-hybridized carbons (Fsp3) is 0.583. The third kappa shape index (κ3) is 8.35. The zero-order valence-electron chi connectivity index (χ0n) is 11.5. The van der Waals surface area contributed by atoms with Crippen molar-refractivity contribution in [3.8, 4) is 0 Å². The fourth-order valence-electron chi connectivity index (χ4n) is 1.47. The van der Waals surface area contributed by atoms with Gasteiger partial charge in [0.1, 0.15) is 0 Å². The SMILES string of the molecule is CC(C)=CCCC(C)=CCC([P+](=O)C=O)[P+](O)(O)O. The predicted octanol–water partition coefficient (Wildman–Crippen LogP) is 3.15. The second-order valence-corrected chi connectivity index (χ2v) is 8.48. The second-order valence-electron chi connectivity index (χ2n) is 4.67. The van der Waals surface area contributed by atoms with Gasteiger partial charge < -0.3 is 0 Å². The van der Waals surface area contributed by atoms with Crippen molar-refractivity contribution >= 4 is 21.8 Å². The number of carbonyl (C=O) groups is 1. The summed E-state index contributed by atoms with van der Waals surface area (Å²) in [4.78, 5) is 38.0. The summed E-state index contributed by atoms with van der Waals surface area (Å²) in [6, 6.07) is 0.157. The summed E-state index contributed by atoms with van der Waals surface area (Å²) in [5, 5.41) is -1.29. The van der Waals surface area contributed by atoms with Gasteiger partial charge in [0.05, 0.1) is 6.42 Å². The van der Waals surface area contributed by atoms with E-state index in [2.05, 4.69) is 6.08 Å². The maximum absolute atomic E-state index is 11.4. The first-order valence-corrected chi connectivity index (χ1v) is 9.06. The van der Waals surface area contributed by atoms with Gasteiger partial charge in [0.25, 0.3) is 0 Å². The van der Waals surface area contributed by atoms with Crippen LogP contribution in [0, 0.1) is 0 Å². The average Bonchev–Trinajstić information content (AvgIpc) is 2.26. The molecule has 0 aromatic rings. The highest BCUT2D eigenvalue weighted by molar-refractivity contribution is 7.77. The van der Waals surface area contributed by atoms with Crippen molar-refractivity contribution in [1.82, 2.24) is 0 Å². The lowest BCUT2D eigenvalue weighted by molar-refractivity contribution is 0.326. The molecule has 3 N–H and O–H groups in total. The van der Waals surface area contributed by atoms with Crippen molar-refractivity contribution in [2.75, 3.05) is 0 Å². The average molecular weight is 308 g/mol. The number of rotatable bonds is 8. The molecule has 0 aromatic carbocycles. The van der Waals surface area contributed by atoms with Gasteiger partial charge in [-0.1, -0.05) is 27.9 Å². The predicted molar refractivity (Wildman–Crippen MR) is 78.8 cm³/mol. The molecule has 7 heteroatoms.